The monoisotopic (exact) mass is 355 g/mol. The fourth-order valence-corrected chi connectivity index (χ4v) is 2.62. The summed E-state index contributed by atoms with van der Waals surface area (Å²) in [5, 5.41) is 42.1. The molecule has 7 heteroatoms. The summed E-state index contributed by atoms with van der Waals surface area (Å²) in [4.78, 5) is 0. The van der Waals surface area contributed by atoms with Gasteiger partial charge in [0.05, 0.1) is 6.61 Å². The minimum absolute atomic E-state index is 0.0756. The fourth-order valence-electron chi connectivity index (χ4n) is 2.62. The second kappa shape index (κ2) is 8.44. The zero-order valence-corrected chi connectivity index (χ0v) is 14.9. The Bertz CT molecular complexity index is 527. The van der Waals surface area contributed by atoms with Crippen molar-refractivity contribution in [3.8, 4) is 5.75 Å². The fraction of sp³-hybridized carbons (Fsp3) is 0.667. The molecule has 7 nitrogen and oxygen atoms in total. The molecule has 0 amide bonds. The van der Waals surface area contributed by atoms with Crippen LogP contribution in [0.3, 0.4) is 0 Å². The third kappa shape index (κ3) is 5.64. The Morgan fingerprint density at radius 1 is 1.04 bits per heavy atom. The van der Waals surface area contributed by atoms with Gasteiger partial charge in [-0.1, -0.05) is 12.1 Å². The SMILES string of the molecule is CC(C)(C)NCCc1ccc(O[C@H]2OC(CO)[C@H](O)[C@H](O)C2O)cc1. The highest BCUT2D eigenvalue weighted by Gasteiger charge is 2.44. The minimum atomic E-state index is -1.45. The van der Waals surface area contributed by atoms with Gasteiger partial charge in [0.1, 0.15) is 30.2 Å². The number of benzene rings is 1. The van der Waals surface area contributed by atoms with E-state index in [0.717, 1.165) is 18.5 Å². The molecule has 1 aliphatic rings. The lowest BCUT2D eigenvalue weighted by Crippen LogP contribution is -2.60. The van der Waals surface area contributed by atoms with E-state index in [0.29, 0.717) is 5.75 Å². The van der Waals surface area contributed by atoms with E-state index in [9.17, 15) is 20.4 Å². The van der Waals surface area contributed by atoms with Crippen molar-refractivity contribution in [2.24, 2.45) is 0 Å². The molecule has 1 aliphatic heterocycles. The largest absolute Gasteiger partial charge is 0.462 e. The summed E-state index contributed by atoms with van der Waals surface area (Å²) in [5.74, 6) is 0.469. The highest BCUT2D eigenvalue weighted by atomic mass is 16.7. The maximum Gasteiger partial charge on any atom is 0.229 e. The molecular formula is C18H29NO6. The topological polar surface area (TPSA) is 111 Å². The first kappa shape index (κ1) is 20.1. The number of aliphatic hydroxyl groups excluding tert-OH is 4. The van der Waals surface area contributed by atoms with Gasteiger partial charge >= 0.3 is 0 Å². The Morgan fingerprint density at radius 2 is 1.68 bits per heavy atom. The molecule has 2 rings (SSSR count). The number of nitrogens with one attached hydrogen (secondary N) is 1. The molecule has 0 bridgehead atoms. The minimum Gasteiger partial charge on any atom is -0.462 e. The van der Waals surface area contributed by atoms with Crippen molar-refractivity contribution in [1.29, 1.82) is 0 Å². The summed E-state index contributed by atoms with van der Waals surface area (Å²) in [6, 6.07) is 7.36. The average molecular weight is 355 g/mol. The van der Waals surface area contributed by atoms with Crippen LogP contribution in [-0.2, 0) is 11.2 Å². The smallest absolute Gasteiger partial charge is 0.229 e. The van der Waals surface area contributed by atoms with Gasteiger partial charge in [-0.2, -0.15) is 0 Å². The van der Waals surface area contributed by atoms with E-state index in [-0.39, 0.29) is 5.54 Å². The molecule has 0 radical (unpaired) electrons. The Morgan fingerprint density at radius 3 is 2.24 bits per heavy atom. The van der Waals surface area contributed by atoms with Gasteiger partial charge < -0.3 is 35.2 Å². The first-order chi connectivity index (χ1) is 11.7. The van der Waals surface area contributed by atoms with Crippen LogP contribution in [0.15, 0.2) is 24.3 Å². The normalized spacial score (nSPS) is 30.3. The molecule has 5 atom stereocenters. The molecule has 0 spiro atoms. The van der Waals surface area contributed by atoms with E-state index in [1.165, 1.54) is 0 Å². The second-order valence-electron chi connectivity index (χ2n) is 7.39. The molecule has 0 aliphatic carbocycles. The average Bonchev–Trinajstić information content (AvgIpc) is 2.56. The molecule has 1 aromatic rings. The summed E-state index contributed by atoms with van der Waals surface area (Å²) in [5.41, 5.74) is 1.21. The van der Waals surface area contributed by atoms with Gasteiger partial charge in [0.15, 0.2) is 0 Å². The van der Waals surface area contributed by atoms with Crippen molar-refractivity contribution in [1.82, 2.24) is 5.32 Å². The zero-order valence-electron chi connectivity index (χ0n) is 14.9. The van der Waals surface area contributed by atoms with E-state index in [2.05, 4.69) is 26.1 Å². The predicted molar refractivity (Wildman–Crippen MR) is 92.3 cm³/mol. The molecular weight excluding hydrogens is 326 g/mol. The third-order valence-electron chi connectivity index (χ3n) is 4.09. The maximum absolute atomic E-state index is 9.98. The molecule has 0 saturated carbocycles. The van der Waals surface area contributed by atoms with Crippen LogP contribution >= 0.6 is 0 Å². The van der Waals surface area contributed by atoms with Crippen molar-refractivity contribution in [3.63, 3.8) is 0 Å². The van der Waals surface area contributed by atoms with Gasteiger partial charge in [0, 0.05) is 5.54 Å². The van der Waals surface area contributed by atoms with Crippen LogP contribution in [0.2, 0.25) is 0 Å². The number of ether oxygens (including phenoxy) is 2. The van der Waals surface area contributed by atoms with Crippen molar-refractivity contribution in [3.05, 3.63) is 29.8 Å². The van der Waals surface area contributed by atoms with E-state index in [1.807, 2.05) is 12.1 Å². The van der Waals surface area contributed by atoms with E-state index in [1.54, 1.807) is 12.1 Å². The Kier molecular flexibility index (Phi) is 6.79. The standard InChI is InChI=1S/C18H29NO6/c1-18(2,3)19-9-8-11-4-6-12(7-5-11)24-17-16(23)15(22)14(21)13(10-20)25-17/h4-7,13-17,19-23H,8-10H2,1-3H3/t13?,14-,15-,16?,17-/m0/s1. The molecule has 2 unspecified atom stereocenters. The van der Waals surface area contributed by atoms with Gasteiger partial charge in [0.25, 0.3) is 0 Å². The zero-order chi connectivity index (χ0) is 18.6. The third-order valence-corrected chi connectivity index (χ3v) is 4.09. The van der Waals surface area contributed by atoms with Gasteiger partial charge in [-0.3, -0.25) is 0 Å². The Hall–Kier alpha value is -1.22. The number of hydrogen-bond donors (Lipinski definition) is 5. The molecule has 142 valence electrons. The lowest BCUT2D eigenvalue weighted by molar-refractivity contribution is -0.277. The first-order valence-electron chi connectivity index (χ1n) is 8.52. The van der Waals surface area contributed by atoms with Crippen molar-refractivity contribution in [2.75, 3.05) is 13.2 Å². The quantitative estimate of drug-likeness (QED) is 0.480. The van der Waals surface area contributed by atoms with Crippen molar-refractivity contribution in [2.45, 2.75) is 63.4 Å². The summed E-state index contributed by atoms with van der Waals surface area (Å²) in [6.07, 6.45) is -5.52. The van der Waals surface area contributed by atoms with Crippen LogP contribution in [0.1, 0.15) is 26.3 Å². The molecule has 0 aromatic heterocycles. The van der Waals surface area contributed by atoms with E-state index < -0.39 is 37.3 Å². The summed E-state index contributed by atoms with van der Waals surface area (Å²) in [7, 11) is 0. The number of aliphatic hydroxyl groups is 4. The van der Waals surface area contributed by atoms with E-state index in [4.69, 9.17) is 9.47 Å². The van der Waals surface area contributed by atoms with Gasteiger partial charge in [-0.05, 0) is 51.4 Å². The molecule has 1 aromatic carbocycles. The number of rotatable bonds is 6. The summed E-state index contributed by atoms with van der Waals surface area (Å²) < 4.78 is 10.9. The van der Waals surface area contributed by atoms with Crippen LogP contribution in [0.25, 0.3) is 0 Å². The van der Waals surface area contributed by atoms with Crippen LogP contribution in [0, 0.1) is 0 Å². The van der Waals surface area contributed by atoms with Crippen molar-refractivity contribution < 1.29 is 29.9 Å². The lowest BCUT2D eigenvalue weighted by Gasteiger charge is -2.39. The highest BCUT2D eigenvalue weighted by Crippen LogP contribution is 2.24. The number of hydrogen-bond acceptors (Lipinski definition) is 7. The van der Waals surface area contributed by atoms with Crippen LogP contribution < -0.4 is 10.1 Å². The van der Waals surface area contributed by atoms with Crippen LogP contribution in [-0.4, -0.2) is 69.8 Å². The van der Waals surface area contributed by atoms with Crippen LogP contribution in [0.4, 0.5) is 0 Å². The summed E-state index contributed by atoms with van der Waals surface area (Å²) >= 11 is 0. The van der Waals surface area contributed by atoms with Gasteiger partial charge in [-0.25, -0.2) is 0 Å². The lowest BCUT2D eigenvalue weighted by atomic mass is 9.99. The molecule has 5 N–H and O–H groups in total. The summed E-state index contributed by atoms with van der Waals surface area (Å²) in [6.45, 7) is 6.72. The molecule has 25 heavy (non-hydrogen) atoms. The van der Waals surface area contributed by atoms with E-state index >= 15 is 0 Å². The second-order valence-corrected chi connectivity index (χ2v) is 7.39. The molecule has 1 heterocycles. The predicted octanol–water partition coefficient (Wildman–Crippen LogP) is -0.204. The maximum atomic E-state index is 9.98. The Balaban J connectivity index is 1.92. The first-order valence-corrected chi connectivity index (χ1v) is 8.52. The van der Waals surface area contributed by atoms with Crippen LogP contribution in [0.5, 0.6) is 5.75 Å². The highest BCUT2D eigenvalue weighted by molar-refractivity contribution is 5.27. The molecule has 1 fully saturated rings. The molecule has 1 saturated heterocycles. The van der Waals surface area contributed by atoms with Crippen molar-refractivity contribution >= 4 is 0 Å². The van der Waals surface area contributed by atoms with Gasteiger partial charge in [0.2, 0.25) is 6.29 Å². The Labute approximate surface area is 148 Å². The van der Waals surface area contributed by atoms with Gasteiger partial charge in [-0.15, -0.1) is 0 Å².